The molecule has 5 rings (SSSR count). The van der Waals surface area contributed by atoms with E-state index in [1.165, 1.54) is 12.8 Å². The second-order valence-electron chi connectivity index (χ2n) is 7.08. The Morgan fingerprint density at radius 3 is 3.00 bits per heavy atom. The molecule has 7 nitrogen and oxygen atoms in total. The van der Waals surface area contributed by atoms with Gasteiger partial charge in [-0.3, -0.25) is 9.48 Å². The summed E-state index contributed by atoms with van der Waals surface area (Å²) in [5.74, 6) is 0.270. The van der Waals surface area contributed by atoms with Gasteiger partial charge in [-0.25, -0.2) is 4.98 Å². The molecule has 1 atom stereocenters. The highest BCUT2D eigenvalue weighted by molar-refractivity contribution is 6.18. The zero-order valence-corrected chi connectivity index (χ0v) is 14.2. The third-order valence-electron chi connectivity index (χ3n) is 5.64. The molecular formula is C19H18N6O. The van der Waals surface area contributed by atoms with Gasteiger partial charge < -0.3 is 10.3 Å². The molecule has 7 heteroatoms. The summed E-state index contributed by atoms with van der Waals surface area (Å²) in [5.41, 5.74) is 3.55. The molecule has 26 heavy (non-hydrogen) atoms. The van der Waals surface area contributed by atoms with E-state index in [1.54, 1.807) is 12.4 Å². The standard InChI is InChI=1S/C19H18N6O/c20-7-5-15(11-3-1-2-4-11)25-10-13-17(24-25)12-6-8-21-18-16(12)14(9-22-18)23-19(13)26/h6,8-11,15H,1-5H2,(H,21,22)(H,23,26). The first-order valence-electron chi connectivity index (χ1n) is 9.00. The van der Waals surface area contributed by atoms with Crippen molar-refractivity contribution in [3.63, 3.8) is 0 Å². The van der Waals surface area contributed by atoms with E-state index in [-0.39, 0.29) is 11.9 Å². The summed E-state index contributed by atoms with van der Waals surface area (Å²) in [5, 5.41) is 17.9. The summed E-state index contributed by atoms with van der Waals surface area (Å²) in [4.78, 5) is 20.2. The zero-order chi connectivity index (χ0) is 17.7. The summed E-state index contributed by atoms with van der Waals surface area (Å²) in [6, 6.07) is 4.21. The molecule has 1 amide bonds. The first-order chi connectivity index (χ1) is 12.8. The van der Waals surface area contributed by atoms with Crippen LogP contribution in [0.2, 0.25) is 0 Å². The minimum absolute atomic E-state index is 0.0187. The van der Waals surface area contributed by atoms with Crippen molar-refractivity contribution >= 4 is 22.6 Å². The number of nitriles is 1. The van der Waals surface area contributed by atoms with Crippen molar-refractivity contribution < 1.29 is 4.79 Å². The van der Waals surface area contributed by atoms with E-state index >= 15 is 0 Å². The van der Waals surface area contributed by atoms with Crippen LogP contribution >= 0.6 is 0 Å². The molecule has 3 aromatic heterocycles. The third kappa shape index (κ3) is 2.15. The number of H-pyrrole nitrogens is 1. The predicted molar refractivity (Wildman–Crippen MR) is 96.5 cm³/mol. The van der Waals surface area contributed by atoms with Crippen LogP contribution < -0.4 is 5.32 Å². The van der Waals surface area contributed by atoms with E-state index in [0.29, 0.717) is 23.6 Å². The summed E-state index contributed by atoms with van der Waals surface area (Å²) in [7, 11) is 0. The number of aromatic nitrogens is 4. The van der Waals surface area contributed by atoms with Crippen molar-refractivity contribution in [2.45, 2.75) is 38.1 Å². The van der Waals surface area contributed by atoms with Crippen molar-refractivity contribution in [3.8, 4) is 17.3 Å². The molecule has 0 saturated heterocycles. The fraction of sp³-hybridized carbons (Fsp3) is 0.368. The molecule has 0 bridgehead atoms. The second kappa shape index (κ2) is 5.70. The smallest absolute Gasteiger partial charge is 0.259 e. The quantitative estimate of drug-likeness (QED) is 0.756. The number of carbonyl (C=O) groups excluding carboxylic acids is 1. The Kier molecular flexibility index (Phi) is 3.32. The number of pyridine rings is 1. The lowest BCUT2D eigenvalue weighted by Gasteiger charge is -2.21. The molecule has 0 radical (unpaired) electrons. The van der Waals surface area contributed by atoms with Gasteiger partial charge in [0.1, 0.15) is 11.3 Å². The molecule has 1 fully saturated rings. The van der Waals surface area contributed by atoms with Gasteiger partial charge >= 0.3 is 0 Å². The molecule has 0 spiro atoms. The topological polar surface area (TPSA) is 99.4 Å². The molecule has 4 heterocycles. The van der Waals surface area contributed by atoms with Crippen molar-refractivity contribution in [2.75, 3.05) is 5.32 Å². The number of carbonyl (C=O) groups is 1. The Hall–Kier alpha value is -3.14. The SMILES string of the molecule is N#CCC(C1CCCC1)n1cc2c(n1)-c1ccnc3[nH]cc(c13)NC2=O. The van der Waals surface area contributed by atoms with Crippen LogP contribution in [0.5, 0.6) is 0 Å². The summed E-state index contributed by atoms with van der Waals surface area (Å²) in [6.07, 6.45) is 10.3. The molecule has 130 valence electrons. The molecule has 0 aromatic carbocycles. The van der Waals surface area contributed by atoms with E-state index in [0.717, 1.165) is 35.1 Å². The fourth-order valence-electron chi connectivity index (χ4n) is 4.38. The number of anilines is 1. The van der Waals surface area contributed by atoms with Gasteiger partial charge in [0, 0.05) is 24.2 Å². The highest BCUT2D eigenvalue weighted by Gasteiger charge is 2.31. The van der Waals surface area contributed by atoms with E-state index in [4.69, 9.17) is 5.10 Å². The van der Waals surface area contributed by atoms with E-state index in [2.05, 4.69) is 21.4 Å². The number of nitrogens with one attached hydrogen (secondary N) is 2. The number of hydrogen-bond donors (Lipinski definition) is 2. The average Bonchev–Trinajstić information content (AvgIpc) is 3.38. The van der Waals surface area contributed by atoms with Gasteiger partial charge in [-0.2, -0.15) is 10.4 Å². The second-order valence-corrected chi connectivity index (χ2v) is 7.08. The summed E-state index contributed by atoms with van der Waals surface area (Å²) >= 11 is 0. The lowest BCUT2D eigenvalue weighted by Crippen LogP contribution is -2.18. The molecular weight excluding hydrogens is 328 g/mol. The normalized spacial score (nSPS) is 17.6. The summed E-state index contributed by atoms with van der Waals surface area (Å²) < 4.78 is 1.85. The summed E-state index contributed by atoms with van der Waals surface area (Å²) in [6.45, 7) is 0. The monoisotopic (exact) mass is 346 g/mol. The van der Waals surface area contributed by atoms with E-state index in [9.17, 15) is 10.1 Å². The Morgan fingerprint density at radius 1 is 1.35 bits per heavy atom. The van der Waals surface area contributed by atoms with Gasteiger partial charge in [0.15, 0.2) is 0 Å². The number of nitrogens with zero attached hydrogens (tertiary/aromatic N) is 4. The van der Waals surface area contributed by atoms with Crippen molar-refractivity contribution in [1.29, 1.82) is 5.26 Å². The minimum atomic E-state index is -0.175. The van der Waals surface area contributed by atoms with Crippen molar-refractivity contribution in [3.05, 3.63) is 30.2 Å². The molecule has 1 aliphatic carbocycles. The van der Waals surface area contributed by atoms with Crippen LogP contribution in [0.4, 0.5) is 5.69 Å². The van der Waals surface area contributed by atoms with Gasteiger partial charge in [0.25, 0.3) is 5.91 Å². The molecule has 2 N–H and O–H groups in total. The lowest BCUT2D eigenvalue weighted by molar-refractivity contribution is 0.102. The van der Waals surface area contributed by atoms with E-state index in [1.807, 2.05) is 16.9 Å². The number of amides is 1. The van der Waals surface area contributed by atoms with Crippen LogP contribution in [0.3, 0.4) is 0 Å². The molecule has 1 saturated carbocycles. The van der Waals surface area contributed by atoms with Crippen LogP contribution in [0.1, 0.15) is 48.5 Å². The number of aromatic amines is 1. The van der Waals surface area contributed by atoms with Gasteiger partial charge in [-0.05, 0) is 24.8 Å². The number of hydrogen-bond acceptors (Lipinski definition) is 4. The van der Waals surface area contributed by atoms with Crippen molar-refractivity contribution in [2.24, 2.45) is 5.92 Å². The Morgan fingerprint density at radius 2 is 2.19 bits per heavy atom. The fourth-order valence-corrected chi connectivity index (χ4v) is 4.38. The Bertz CT molecular complexity index is 1050. The lowest BCUT2D eigenvalue weighted by atomic mass is 9.96. The molecule has 2 aliphatic rings. The van der Waals surface area contributed by atoms with Gasteiger partial charge in [0.05, 0.1) is 35.2 Å². The van der Waals surface area contributed by atoms with Gasteiger partial charge in [-0.1, -0.05) is 12.8 Å². The van der Waals surface area contributed by atoms with Gasteiger partial charge in [-0.15, -0.1) is 0 Å². The van der Waals surface area contributed by atoms with Crippen LogP contribution in [0.15, 0.2) is 24.7 Å². The minimum Gasteiger partial charge on any atom is -0.344 e. The van der Waals surface area contributed by atoms with Crippen LogP contribution in [0.25, 0.3) is 22.3 Å². The first kappa shape index (κ1) is 15.1. The van der Waals surface area contributed by atoms with Crippen LogP contribution in [-0.4, -0.2) is 25.7 Å². The first-order valence-corrected chi connectivity index (χ1v) is 9.00. The molecule has 1 aliphatic heterocycles. The Balaban J connectivity index is 1.68. The maximum Gasteiger partial charge on any atom is 0.259 e. The van der Waals surface area contributed by atoms with Crippen molar-refractivity contribution in [1.82, 2.24) is 19.7 Å². The highest BCUT2D eigenvalue weighted by Crippen LogP contribution is 2.40. The zero-order valence-electron chi connectivity index (χ0n) is 14.2. The largest absolute Gasteiger partial charge is 0.344 e. The Labute approximate surface area is 150 Å². The maximum absolute atomic E-state index is 12.8. The van der Waals surface area contributed by atoms with Crippen LogP contribution in [0, 0.1) is 17.2 Å². The predicted octanol–water partition coefficient (Wildman–Crippen LogP) is 3.64. The maximum atomic E-state index is 12.8. The van der Waals surface area contributed by atoms with Crippen LogP contribution in [-0.2, 0) is 0 Å². The third-order valence-corrected chi connectivity index (χ3v) is 5.64. The molecule has 3 aromatic rings. The molecule has 1 unspecified atom stereocenters. The highest BCUT2D eigenvalue weighted by atomic mass is 16.1. The van der Waals surface area contributed by atoms with E-state index < -0.39 is 0 Å². The number of rotatable bonds is 3. The number of fused-ring (bicyclic) bond motifs is 2. The van der Waals surface area contributed by atoms with Gasteiger partial charge in [0.2, 0.25) is 0 Å². The average molecular weight is 346 g/mol.